The molecule has 2 aliphatic heterocycles. The van der Waals surface area contributed by atoms with Crippen molar-refractivity contribution in [2.45, 2.75) is 18.8 Å². The van der Waals surface area contributed by atoms with Gasteiger partial charge < -0.3 is 38.6 Å². The number of nitrogens with zero attached hydrogens (tertiary/aromatic N) is 2. The van der Waals surface area contributed by atoms with E-state index in [0.29, 0.717) is 22.3 Å². The van der Waals surface area contributed by atoms with Crippen LogP contribution in [-0.2, 0) is 37.9 Å². The first-order valence-corrected chi connectivity index (χ1v) is 16.2. The molecule has 5 aromatic rings. The van der Waals surface area contributed by atoms with Gasteiger partial charge in [-0.15, -0.1) is 0 Å². The second-order valence-corrected chi connectivity index (χ2v) is 12.1. The molecule has 7 rings (SSSR count). The van der Waals surface area contributed by atoms with Crippen LogP contribution in [0.2, 0.25) is 0 Å². The molecule has 0 radical (unpaired) electrons. The first-order valence-electron chi connectivity index (χ1n) is 16.2. The Morgan fingerprint density at radius 3 is 1.93 bits per heavy atom. The van der Waals surface area contributed by atoms with Gasteiger partial charge in [-0.25, -0.2) is 14.4 Å². The normalized spacial score (nSPS) is 14.8. The lowest BCUT2D eigenvalue weighted by atomic mass is 9.77. The molecule has 0 aliphatic carbocycles. The van der Waals surface area contributed by atoms with E-state index in [1.807, 2.05) is 0 Å². The second kappa shape index (κ2) is 14.5. The van der Waals surface area contributed by atoms with Gasteiger partial charge in [0, 0.05) is 41.0 Å². The number of fused-ring (bicyclic) bond motifs is 6. The van der Waals surface area contributed by atoms with Crippen molar-refractivity contribution in [1.82, 2.24) is 0 Å². The van der Waals surface area contributed by atoms with Gasteiger partial charge in [0.25, 0.3) is 11.4 Å². The third kappa shape index (κ3) is 7.01. The van der Waals surface area contributed by atoms with Crippen LogP contribution in [0, 0.1) is 20.2 Å². The molecule has 1 unspecified atom stereocenters. The Morgan fingerprint density at radius 1 is 0.709 bits per heavy atom. The standard InChI is InChI=1S/C38H26N2O15/c41-23-5-9-29-33(15-23)54-34-16-26(6-10-30(34)38(29)28-4-2-1-3-27(28)37(45)55-38)53-36(44)20-52-25-8-12-32(40(48)49)22(14-25)18-50-17-21-13-24(51-19-35(42)43)7-11-31(21)39(46)47/h1-16,41H,17-20H2,(H,42,43). The van der Waals surface area contributed by atoms with Crippen LogP contribution in [-0.4, -0.2) is 51.2 Å². The summed E-state index contributed by atoms with van der Waals surface area (Å²) in [7, 11) is 0. The number of rotatable bonds is 13. The minimum atomic E-state index is -1.40. The zero-order valence-electron chi connectivity index (χ0n) is 28.2. The fraction of sp³-hybridized carbons (Fsp3) is 0.132. The Kier molecular flexibility index (Phi) is 9.44. The van der Waals surface area contributed by atoms with E-state index in [9.17, 15) is 39.7 Å². The first-order chi connectivity index (χ1) is 26.4. The maximum absolute atomic E-state index is 13.0. The van der Waals surface area contributed by atoms with E-state index in [0.717, 1.165) is 12.1 Å². The molecule has 2 heterocycles. The molecule has 2 N–H and O–H groups in total. The lowest BCUT2D eigenvalue weighted by Crippen LogP contribution is -2.33. The molecule has 1 spiro atoms. The number of ether oxygens (including phenoxy) is 6. The predicted octanol–water partition coefficient (Wildman–Crippen LogP) is 5.94. The third-order valence-corrected chi connectivity index (χ3v) is 8.63. The maximum atomic E-state index is 13.0. The summed E-state index contributed by atoms with van der Waals surface area (Å²) in [6.07, 6.45) is 0. The van der Waals surface area contributed by atoms with E-state index < -0.39 is 53.2 Å². The van der Waals surface area contributed by atoms with E-state index in [1.165, 1.54) is 48.5 Å². The number of aromatic hydroxyl groups is 1. The van der Waals surface area contributed by atoms with Crippen LogP contribution in [0.4, 0.5) is 11.4 Å². The molecule has 55 heavy (non-hydrogen) atoms. The zero-order chi connectivity index (χ0) is 38.9. The number of carbonyl (C=O) groups excluding carboxylic acids is 2. The van der Waals surface area contributed by atoms with Crippen LogP contribution in [0.1, 0.15) is 38.2 Å². The van der Waals surface area contributed by atoms with Crippen molar-refractivity contribution in [2.75, 3.05) is 13.2 Å². The average Bonchev–Trinajstić information content (AvgIpc) is 3.44. The molecule has 0 saturated heterocycles. The highest BCUT2D eigenvalue weighted by Crippen LogP contribution is 2.57. The van der Waals surface area contributed by atoms with Crippen LogP contribution in [0.3, 0.4) is 0 Å². The van der Waals surface area contributed by atoms with Crippen molar-refractivity contribution in [3.63, 3.8) is 0 Å². The Hall–Kier alpha value is -7.53. The largest absolute Gasteiger partial charge is 0.508 e. The number of carboxylic acids is 1. The Balaban J connectivity index is 1.05. The van der Waals surface area contributed by atoms with Crippen LogP contribution < -0.4 is 18.9 Å². The van der Waals surface area contributed by atoms with Gasteiger partial charge in [-0.05, 0) is 54.6 Å². The van der Waals surface area contributed by atoms with Gasteiger partial charge in [-0.1, -0.05) is 18.2 Å². The van der Waals surface area contributed by atoms with E-state index in [2.05, 4.69) is 0 Å². The maximum Gasteiger partial charge on any atom is 0.349 e. The lowest BCUT2D eigenvalue weighted by molar-refractivity contribution is -0.386. The summed E-state index contributed by atoms with van der Waals surface area (Å²) in [5, 5.41) is 42.3. The zero-order valence-corrected chi connectivity index (χ0v) is 28.2. The average molecular weight is 751 g/mol. The highest BCUT2D eigenvalue weighted by Gasteiger charge is 2.53. The van der Waals surface area contributed by atoms with Crippen molar-refractivity contribution < 1.29 is 62.9 Å². The van der Waals surface area contributed by atoms with Gasteiger partial charge in [0.05, 0.1) is 39.8 Å². The highest BCUT2D eigenvalue weighted by molar-refractivity contribution is 5.97. The molecule has 0 bridgehead atoms. The molecule has 0 saturated carbocycles. The van der Waals surface area contributed by atoms with E-state index >= 15 is 0 Å². The molecule has 5 aromatic carbocycles. The minimum Gasteiger partial charge on any atom is -0.508 e. The van der Waals surface area contributed by atoms with Gasteiger partial charge >= 0.3 is 17.9 Å². The summed E-state index contributed by atoms with van der Waals surface area (Å²) in [5.41, 5.74) is -0.155. The molecule has 17 nitrogen and oxygen atoms in total. The number of aliphatic carboxylic acids is 1. The minimum absolute atomic E-state index is 0.0260. The van der Waals surface area contributed by atoms with Gasteiger partial charge in [-0.3, -0.25) is 20.2 Å². The first kappa shape index (κ1) is 35.9. The molecule has 0 amide bonds. The molecular weight excluding hydrogens is 724 g/mol. The summed E-state index contributed by atoms with van der Waals surface area (Å²) in [5.74, 6) is -2.18. The van der Waals surface area contributed by atoms with E-state index in [-0.39, 0.29) is 63.6 Å². The predicted molar refractivity (Wildman–Crippen MR) is 185 cm³/mol. The van der Waals surface area contributed by atoms with Crippen LogP contribution >= 0.6 is 0 Å². The number of hydrogen-bond acceptors (Lipinski definition) is 14. The van der Waals surface area contributed by atoms with Crippen LogP contribution in [0.5, 0.6) is 34.5 Å². The Morgan fingerprint density at radius 2 is 1.29 bits per heavy atom. The number of nitro groups is 2. The molecule has 0 fully saturated rings. The summed E-state index contributed by atoms with van der Waals surface area (Å²) < 4.78 is 33.9. The second-order valence-electron chi connectivity index (χ2n) is 12.1. The van der Waals surface area contributed by atoms with E-state index in [4.69, 9.17) is 33.5 Å². The lowest BCUT2D eigenvalue weighted by Gasteiger charge is -2.36. The summed E-state index contributed by atoms with van der Waals surface area (Å²) in [6.45, 7) is -2.09. The molecule has 2 aliphatic rings. The quantitative estimate of drug-likeness (QED) is 0.0613. The van der Waals surface area contributed by atoms with Crippen molar-refractivity contribution in [3.05, 3.63) is 151 Å². The number of benzene rings is 5. The SMILES string of the molecule is O=C(O)COc1ccc([N+](=O)[O-])c(COCc2cc(OCC(=O)Oc3ccc4c(c3)Oc3cc(O)ccc3C43OC(=O)c4ccccc43)ccc2[N+](=O)[O-])c1. The Bertz CT molecular complexity index is 2410. The summed E-state index contributed by atoms with van der Waals surface area (Å²) in [6, 6.07) is 23.1. The van der Waals surface area contributed by atoms with Crippen LogP contribution in [0.15, 0.2) is 97.1 Å². The summed E-state index contributed by atoms with van der Waals surface area (Å²) >= 11 is 0. The number of phenolic OH excluding ortho intramolecular Hbond substituents is 1. The van der Waals surface area contributed by atoms with Gasteiger partial charge in [0.15, 0.2) is 18.8 Å². The van der Waals surface area contributed by atoms with Gasteiger partial charge in [0.1, 0.15) is 34.5 Å². The number of esters is 2. The number of phenols is 1. The third-order valence-electron chi connectivity index (χ3n) is 8.63. The fourth-order valence-electron chi connectivity index (χ4n) is 6.32. The van der Waals surface area contributed by atoms with Crippen molar-refractivity contribution >= 4 is 29.3 Å². The molecular formula is C38H26N2O15. The molecule has 17 heteroatoms. The Labute approximate surface area is 309 Å². The number of nitro benzene ring substituents is 2. The monoisotopic (exact) mass is 750 g/mol. The number of hydrogen-bond donors (Lipinski definition) is 2. The van der Waals surface area contributed by atoms with Crippen molar-refractivity contribution in [1.29, 1.82) is 0 Å². The van der Waals surface area contributed by atoms with Crippen molar-refractivity contribution in [3.8, 4) is 34.5 Å². The number of carboxylic acid groups (broad SMARTS) is 1. The molecule has 1 atom stereocenters. The van der Waals surface area contributed by atoms with E-state index in [1.54, 1.807) is 36.4 Å². The fourth-order valence-corrected chi connectivity index (χ4v) is 6.32. The number of carbonyl (C=O) groups is 3. The van der Waals surface area contributed by atoms with Gasteiger partial charge in [0.2, 0.25) is 0 Å². The van der Waals surface area contributed by atoms with Gasteiger partial charge in [-0.2, -0.15) is 0 Å². The van der Waals surface area contributed by atoms with Crippen molar-refractivity contribution in [2.24, 2.45) is 0 Å². The topological polar surface area (TPSA) is 233 Å². The summed E-state index contributed by atoms with van der Waals surface area (Å²) in [4.78, 5) is 58.7. The van der Waals surface area contributed by atoms with Crippen LogP contribution in [0.25, 0.3) is 0 Å². The smallest absolute Gasteiger partial charge is 0.349 e. The molecule has 278 valence electrons. The highest BCUT2D eigenvalue weighted by atomic mass is 16.6. The molecule has 0 aromatic heterocycles.